The molecule has 162 valence electrons. The number of benzene rings is 2. The summed E-state index contributed by atoms with van der Waals surface area (Å²) < 4.78 is 10.8. The summed E-state index contributed by atoms with van der Waals surface area (Å²) in [7, 11) is 0. The molecule has 2 saturated heterocycles. The Kier molecular flexibility index (Phi) is 7.28. The lowest BCUT2D eigenvalue weighted by Crippen LogP contribution is -2.43. The summed E-state index contributed by atoms with van der Waals surface area (Å²) >= 11 is 0. The van der Waals surface area contributed by atoms with E-state index in [0.29, 0.717) is 24.5 Å². The van der Waals surface area contributed by atoms with Crippen molar-refractivity contribution in [2.45, 2.75) is 12.1 Å². The van der Waals surface area contributed by atoms with Crippen molar-refractivity contribution in [3.8, 4) is 11.5 Å². The molecule has 2 fully saturated rings. The molecule has 10 heteroatoms. The third-order valence-corrected chi connectivity index (χ3v) is 4.96. The molecule has 2 heterocycles. The van der Waals surface area contributed by atoms with Gasteiger partial charge in [-0.05, 0) is 23.8 Å². The second-order valence-corrected chi connectivity index (χ2v) is 6.93. The van der Waals surface area contributed by atoms with Crippen LogP contribution in [-0.4, -0.2) is 59.7 Å². The molecule has 2 aliphatic rings. The standard InChI is InChI=1S/C10H12N2O4.C10H14N2O2/c13-10-4-2-1-3-8(10)9-7-16-6-5-11(9)12(14)15;11-8-2-1-7(5-9(8)13)10-6-12-3-4-14-10/h1-4,9,13H,5-7H2;1-2,5,10,12-13H,3-4,6,11H2. The van der Waals surface area contributed by atoms with Gasteiger partial charge in [-0.15, -0.1) is 5.01 Å². The second-order valence-electron chi connectivity index (χ2n) is 6.93. The van der Waals surface area contributed by atoms with Gasteiger partial charge >= 0.3 is 0 Å². The largest absolute Gasteiger partial charge is 0.508 e. The van der Waals surface area contributed by atoms with Gasteiger partial charge in [-0.3, -0.25) is 0 Å². The molecule has 0 amide bonds. The number of nitrogens with one attached hydrogen (secondary N) is 1. The molecule has 30 heavy (non-hydrogen) atoms. The maximum Gasteiger partial charge on any atom is 0.160 e. The molecule has 0 saturated carbocycles. The van der Waals surface area contributed by atoms with E-state index in [1.54, 1.807) is 30.3 Å². The van der Waals surface area contributed by atoms with E-state index in [9.17, 15) is 20.3 Å². The highest BCUT2D eigenvalue weighted by Gasteiger charge is 2.33. The Labute approximate surface area is 173 Å². The fourth-order valence-corrected chi connectivity index (χ4v) is 3.35. The molecule has 5 N–H and O–H groups in total. The zero-order chi connectivity index (χ0) is 21.5. The minimum absolute atomic E-state index is 0.0234. The number of phenols is 2. The lowest BCUT2D eigenvalue weighted by Gasteiger charge is -2.29. The minimum atomic E-state index is -0.523. The number of aromatic hydroxyl groups is 2. The van der Waals surface area contributed by atoms with E-state index in [0.717, 1.165) is 23.7 Å². The summed E-state index contributed by atoms with van der Waals surface area (Å²) in [6, 6.07) is 11.3. The van der Waals surface area contributed by atoms with Crippen LogP contribution < -0.4 is 11.1 Å². The normalized spacial score (nSPS) is 21.4. The van der Waals surface area contributed by atoms with Gasteiger partial charge in [0, 0.05) is 18.7 Å². The average molecular weight is 418 g/mol. The predicted molar refractivity (Wildman–Crippen MR) is 109 cm³/mol. The molecule has 2 unspecified atom stereocenters. The zero-order valence-corrected chi connectivity index (χ0v) is 16.4. The van der Waals surface area contributed by atoms with E-state index in [2.05, 4.69) is 5.32 Å². The smallest absolute Gasteiger partial charge is 0.160 e. The molecule has 2 aliphatic heterocycles. The van der Waals surface area contributed by atoms with E-state index >= 15 is 0 Å². The number of phenolic OH excluding ortho intramolecular Hbond substituents is 2. The number of hydrazine groups is 1. The lowest BCUT2D eigenvalue weighted by atomic mass is 10.1. The number of nitro groups is 1. The molecule has 10 nitrogen and oxygen atoms in total. The van der Waals surface area contributed by atoms with Crippen molar-refractivity contribution < 1.29 is 24.7 Å². The Morgan fingerprint density at radius 3 is 2.63 bits per heavy atom. The van der Waals surface area contributed by atoms with Crippen molar-refractivity contribution in [3.63, 3.8) is 0 Å². The van der Waals surface area contributed by atoms with Crippen molar-refractivity contribution in [1.29, 1.82) is 0 Å². The number of ether oxygens (including phenoxy) is 2. The first-order chi connectivity index (χ1) is 14.5. The topological polar surface area (TPSA) is 143 Å². The van der Waals surface area contributed by atoms with Crippen molar-refractivity contribution in [3.05, 3.63) is 63.7 Å². The summed E-state index contributed by atoms with van der Waals surface area (Å²) in [6.07, 6.45) is 0.0234. The summed E-state index contributed by atoms with van der Waals surface area (Å²) in [4.78, 5) is 10.8. The Bertz CT molecular complexity index is 859. The molecule has 2 aromatic rings. The van der Waals surface area contributed by atoms with Crippen molar-refractivity contribution >= 4 is 5.69 Å². The predicted octanol–water partition coefficient (Wildman–Crippen LogP) is 1.59. The highest BCUT2D eigenvalue weighted by molar-refractivity contribution is 5.53. The third-order valence-electron chi connectivity index (χ3n) is 4.96. The van der Waals surface area contributed by atoms with Crippen LogP contribution in [0.1, 0.15) is 23.3 Å². The van der Waals surface area contributed by atoms with Crippen LogP contribution >= 0.6 is 0 Å². The number of morpholine rings is 2. The highest BCUT2D eigenvalue weighted by Crippen LogP contribution is 2.30. The van der Waals surface area contributed by atoms with Gasteiger partial charge in [-0.2, -0.15) is 0 Å². The first-order valence-corrected chi connectivity index (χ1v) is 9.64. The molecular formula is C20H26N4O6. The van der Waals surface area contributed by atoms with Crippen molar-refractivity contribution in [2.75, 3.05) is 45.2 Å². The van der Waals surface area contributed by atoms with E-state index in [1.807, 2.05) is 6.07 Å². The zero-order valence-electron chi connectivity index (χ0n) is 16.4. The van der Waals surface area contributed by atoms with Gasteiger partial charge in [0.15, 0.2) is 5.03 Å². The fourth-order valence-electron chi connectivity index (χ4n) is 3.35. The fraction of sp³-hybridized carbons (Fsp3) is 0.400. The van der Waals surface area contributed by atoms with Gasteiger partial charge in [0.25, 0.3) is 0 Å². The quantitative estimate of drug-likeness (QED) is 0.253. The number of nitrogen functional groups attached to an aromatic ring is 1. The van der Waals surface area contributed by atoms with Crippen LogP contribution in [0.3, 0.4) is 0 Å². The maximum atomic E-state index is 10.8. The minimum Gasteiger partial charge on any atom is -0.508 e. The van der Waals surface area contributed by atoms with Crippen LogP contribution in [0.4, 0.5) is 5.69 Å². The molecule has 4 rings (SSSR count). The number of rotatable bonds is 3. The van der Waals surface area contributed by atoms with E-state index in [-0.39, 0.29) is 30.8 Å². The summed E-state index contributed by atoms with van der Waals surface area (Å²) in [5, 5.41) is 33.8. The molecular weight excluding hydrogens is 392 g/mol. The number of anilines is 1. The molecule has 0 aliphatic carbocycles. The van der Waals surface area contributed by atoms with Gasteiger partial charge in [-0.1, -0.05) is 24.3 Å². The van der Waals surface area contributed by atoms with Crippen molar-refractivity contribution in [2.24, 2.45) is 0 Å². The second kappa shape index (κ2) is 10.1. The first kappa shape index (κ1) is 21.6. The van der Waals surface area contributed by atoms with E-state index < -0.39 is 11.1 Å². The third kappa shape index (κ3) is 5.29. The first-order valence-electron chi connectivity index (χ1n) is 9.64. The molecule has 2 aromatic carbocycles. The van der Waals surface area contributed by atoms with Crippen LogP contribution in [0, 0.1) is 10.1 Å². The Hall–Kier alpha value is -3.08. The summed E-state index contributed by atoms with van der Waals surface area (Å²) in [5.41, 5.74) is 7.40. The van der Waals surface area contributed by atoms with Crippen LogP contribution in [0.2, 0.25) is 0 Å². The van der Waals surface area contributed by atoms with Crippen molar-refractivity contribution in [1.82, 2.24) is 10.3 Å². The molecule has 0 aromatic heterocycles. The molecule has 0 bridgehead atoms. The van der Waals surface area contributed by atoms with Crippen LogP contribution in [0.15, 0.2) is 42.5 Å². The van der Waals surface area contributed by atoms with Gasteiger partial charge in [0.05, 0.1) is 31.6 Å². The van der Waals surface area contributed by atoms with Crippen LogP contribution in [-0.2, 0) is 9.47 Å². The molecule has 2 atom stereocenters. The lowest BCUT2D eigenvalue weighted by molar-refractivity contribution is -0.671. The number of hydrogen-bond donors (Lipinski definition) is 4. The Morgan fingerprint density at radius 1 is 1.17 bits per heavy atom. The number of nitrogens with zero attached hydrogens (tertiary/aromatic N) is 2. The SMILES string of the molecule is Nc1ccc(C2CNCCO2)cc1O.O=[N+]([O-])N1CCOCC1c1ccccc1O. The number of hydrogen-bond acceptors (Lipinski definition) is 8. The van der Waals surface area contributed by atoms with Gasteiger partial charge in [0.1, 0.15) is 24.1 Å². The van der Waals surface area contributed by atoms with Gasteiger partial charge in [-0.25, -0.2) is 10.1 Å². The summed E-state index contributed by atoms with van der Waals surface area (Å²) in [5.74, 6) is 0.182. The van der Waals surface area contributed by atoms with Gasteiger partial charge in [0.2, 0.25) is 0 Å². The monoisotopic (exact) mass is 418 g/mol. The van der Waals surface area contributed by atoms with E-state index in [1.165, 1.54) is 6.07 Å². The average Bonchev–Trinajstić information content (AvgIpc) is 2.77. The molecule has 0 radical (unpaired) electrons. The highest BCUT2D eigenvalue weighted by atomic mass is 16.7. The number of nitrogens with two attached hydrogens (primary N) is 1. The van der Waals surface area contributed by atoms with Crippen LogP contribution in [0.5, 0.6) is 11.5 Å². The Balaban J connectivity index is 0.000000172. The van der Waals surface area contributed by atoms with E-state index in [4.69, 9.17) is 15.2 Å². The molecule has 0 spiro atoms. The summed E-state index contributed by atoms with van der Waals surface area (Å²) in [6.45, 7) is 3.16. The van der Waals surface area contributed by atoms with Crippen LogP contribution in [0.25, 0.3) is 0 Å². The Morgan fingerprint density at radius 2 is 1.97 bits per heavy atom. The maximum absolute atomic E-state index is 10.8. The van der Waals surface area contributed by atoms with Gasteiger partial charge < -0.3 is 30.7 Å². The number of para-hydroxylation sites is 1.